The van der Waals surface area contributed by atoms with Gasteiger partial charge in [0.1, 0.15) is 0 Å². The molecule has 0 bridgehead atoms. The first-order valence-electron chi connectivity index (χ1n) is 0. The first kappa shape index (κ1) is 717. The zero-order chi connectivity index (χ0) is 0. The van der Waals surface area contributed by atoms with Crippen LogP contribution in [0.25, 0.3) is 0 Å². The second kappa shape index (κ2) is 485. The molecule has 0 aromatic carbocycles. The van der Waals surface area contributed by atoms with E-state index in [1.165, 1.54) is 0 Å². The molecule has 56 valence electrons. The van der Waals surface area contributed by atoms with Crippen molar-refractivity contribution in [1.29, 1.82) is 0 Å². The minimum Gasteiger partial charge on any atom is -2.00 e. The molecule has 0 aromatic heterocycles. The molecule has 0 aromatic rings. The monoisotopic (exact) mass is 164 g/mol. The summed E-state index contributed by atoms with van der Waals surface area (Å²) in [6, 6.07) is 0. The van der Waals surface area contributed by atoms with Crippen molar-refractivity contribution in [2.75, 3.05) is 0 Å². The molecule has 0 amide bonds. The molecule has 0 aliphatic carbocycles. The van der Waals surface area contributed by atoms with Crippen LogP contribution >= 0.6 is 0 Å². The molecule has 0 rings (SSSR count). The molecule has 0 unspecified atom stereocenters. The van der Waals surface area contributed by atoms with E-state index in [2.05, 4.69) is 0 Å². The summed E-state index contributed by atoms with van der Waals surface area (Å²) >= 11 is 0. The molecule has 8 heavy (non-hydrogen) atoms. The SMILES string of the molecule is O.O.O.O.O.O.[Mg+2].[S-2]. The number of hydrogen-bond acceptors (Lipinski definition) is 0. The molecule has 12 N–H and O–H groups in total. The molecule has 0 spiro atoms. The first-order valence-corrected chi connectivity index (χ1v) is 0. The van der Waals surface area contributed by atoms with Crippen molar-refractivity contribution in [1.82, 2.24) is 0 Å². The van der Waals surface area contributed by atoms with Gasteiger partial charge in [-0.1, -0.05) is 0 Å². The van der Waals surface area contributed by atoms with Gasteiger partial charge in [0, 0.05) is 0 Å². The fraction of sp³-hybridized carbons (Fsp3) is 0. The van der Waals surface area contributed by atoms with Gasteiger partial charge in [0.25, 0.3) is 0 Å². The van der Waals surface area contributed by atoms with Crippen LogP contribution in [0.3, 0.4) is 0 Å². The Morgan fingerprint density at radius 2 is 0.375 bits per heavy atom. The fourth-order valence-electron chi connectivity index (χ4n) is 0. The Hall–Kier alpha value is 0.876. The van der Waals surface area contributed by atoms with E-state index < -0.39 is 0 Å². The van der Waals surface area contributed by atoms with Crippen LogP contribution in [-0.4, -0.2) is 55.9 Å². The van der Waals surface area contributed by atoms with Crippen molar-refractivity contribution in [2.45, 2.75) is 0 Å². The summed E-state index contributed by atoms with van der Waals surface area (Å²) < 4.78 is 0. The van der Waals surface area contributed by atoms with Crippen LogP contribution in [0.4, 0.5) is 0 Å². The third kappa shape index (κ3) is 309. The Labute approximate surface area is 69.7 Å². The van der Waals surface area contributed by atoms with Gasteiger partial charge in [0.05, 0.1) is 0 Å². The van der Waals surface area contributed by atoms with Crippen molar-refractivity contribution in [3.05, 3.63) is 0 Å². The fourth-order valence-corrected chi connectivity index (χ4v) is 0. The second-order valence-electron chi connectivity index (χ2n) is 0. The summed E-state index contributed by atoms with van der Waals surface area (Å²) in [4.78, 5) is 0. The molecular formula is H12MgO6S. The third-order valence-electron chi connectivity index (χ3n) is 0. The van der Waals surface area contributed by atoms with E-state index >= 15 is 0 Å². The van der Waals surface area contributed by atoms with E-state index in [9.17, 15) is 0 Å². The maximum Gasteiger partial charge on any atom is 2.00 e. The minimum atomic E-state index is 0. The zero-order valence-corrected chi connectivity index (χ0v) is 6.35. The topological polar surface area (TPSA) is 189 Å². The summed E-state index contributed by atoms with van der Waals surface area (Å²) in [6.07, 6.45) is 0. The van der Waals surface area contributed by atoms with Crippen LogP contribution in [0.2, 0.25) is 0 Å². The maximum atomic E-state index is 0. The van der Waals surface area contributed by atoms with Crippen LogP contribution in [0.1, 0.15) is 0 Å². The average Bonchev–Trinajstić information content (AvgIpc) is 0. The van der Waals surface area contributed by atoms with Gasteiger partial charge in [0.2, 0.25) is 0 Å². The number of hydrogen-bond donors (Lipinski definition) is 0. The van der Waals surface area contributed by atoms with Gasteiger partial charge in [0.15, 0.2) is 0 Å². The standard InChI is InChI=1S/Mg.6H2O.S/h;6*1H2;/q+2;;;;;;;-2. The maximum absolute atomic E-state index is 0. The van der Waals surface area contributed by atoms with E-state index in [0.29, 0.717) is 0 Å². The molecule has 8 heteroatoms. The van der Waals surface area contributed by atoms with Crippen molar-refractivity contribution in [2.24, 2.45) is 0 Å². The predicted octanol–water partition coefficient (Wildman–Crippen LogP) is -5.33. The van der Waals surface area contributed by atoms with E-state index in [1.54, 1.807) is 0 Å². The Morgan fingerprint density at radius 3 is 0.375 bits per heavy atom. The second-order valence-corrected chi connectivity index (χ2v) is 0. The summed E-state index contributed by atoms with van der Waals surface area (Å²) in [5.41, 5.74) is 0. The van der Waals surface area contributed by atoms with Crippen LogP contribution in [0.15, 0.2) is 0 Å². The molecule has 0 atom stereocenters. The molecule has 0 saturated heterocycles. The average molecular weight is 164 g/mol. The molecule has 0 fully saturated rings. The number of rotatable bonds is 0. The van der Waals surface area contributed by atoms with Crippen molar-refractivity contribution in [3.8, 4) is 0 Å². The van der Waals surface area contributed by atoms with E-state index in [-0.39, 0.29) is 69.4 Å². The minimum absolute atomic E-state index is 0. The normalized spacial score (nSPS) is 0. The molecule has 0 saturated carbocycles. The summed E-state index contributed by atoms with van der Waals surface area (Å²) in [5.74, 6) is 0. The smallest absolute Gasteiger partial charge is 2.00 e. The zero-order valence-electron chi connectivity index (χ0n) is 4.12. The summed E-state index contributed by atoms with van der Waals surface area (Å²) in [7, 11) is 0. The quantitative estimate of drug-likeness (QED) is 0.309. The molecular weight excluding hydrogens is 152 g/mol. The van der Waals surface area contributed by atoms with Crippen molar-refractivity contribution < 1.29 is 32.9 Å². The van der Waals surface area contributed by atoms with E-state index in [4.69, 9.17) is 0 Å². The van der Waals surface area contributed by atoms with Crippen LogP contribution < -0.4 is 0 Å². The molecule has 0 heterocycles. The van der Waals surface area contributed by atoms with E-state index in [1.807, 2.05) is 0 Å². The van der Waals surface area contributed by atoms with Crippen molar-refractivity contribution >= 4 is 36.5 Å². The van der Waals surface area contributed by atoms with Crippen molar-refractivity contribution in [3.63, 3.8) is 0 Å². The van der Waals surface area contributed by atoms with Crippen LogP contribution in [0, 0.1) is 0 Å². The van der Waals surface area contributed by atoms with Gasteiger partial charge < -0.3 is 46.4 Å². The van der Waals surface area contributed by atoms with E-state index in [0.717, 1.165) is 0 Å². The Morgan fingerprint density at radius 1 is 0.375 bits per heavy atom. The largest absolute Gasteiger partial charge is 2.00 e. The summed E-state index contributed by atoms with van der Waals surface area (Å²) in [6.45, 7) is 0. The molecule has 6 nitrogen and oxygen atoms in total. The third-order valence-corrected chi connectivity index (χ3v) is 0. The summed E-state index contributed by atoms with van der Waals surface area (Å²) in [5, 5.41) is 0. The molecule has 0 aliphatic rings. The van der Waals surface area contributed by atoms with Gasteiger partial charge in [-0.05, 0) is 0 Å². The van der Waals surface area contributed by atoms with Crippen LogP contribution in [-0.2, 0) is 13.5 Å². The van der Waals surface area contributed by atoms with Gasteiger partial charge in [-0.25, -0.2) is 0 Å². The van der Waals surface area contributed by atoms with Gasteiger partial charge in [-0.3, -0.25) is 0 Å². The van der Waals surface area contributed by atoms with Crippen LogP contribution in [0.5, 0.6) is 0 Å². The first-order chi connectivity index (χ1) is 0. The predicted molar refractivity (Wildman–Crippen MR) is 34.8 cm³/mol. The molecule has 0 radical (unpaired) electrons. The Balaban J connectivity index is 0. The Kier molecular flexibility index (Phi) is 43500. The van der Waals surface area contributed by atoms with Gasteiger partial charge >= 0.3 is 23.1 Å². The van der Waals surface area contributed by atoms with Gasteiger partial charge in [-0.2, -0.15) is 0 Å². The molecule has 0 aliphatic heterocycles. The Bertz CT molecular complexity index is 8.49. The van der Waals surface area contributed by atoms with Gasteiger partial charge in [-0.15, -0.1) is 0 Å².